The Morgan fingerprint density at radius 3 is 3.00 bits per heavy atom. The van der Waals surface area contributed by atoms with Crippen LogP contribution < -0.4 is 4.90 Å². The number of hydrogen-bond donors (Lipinski definition) is 0. The fraction of sp³-hybridized carbons (Fsp3) is 0.625. The van der Waals surface area contributed by atoms with Crippen molar-refractivity contribution < 1.29 is 9.53 Å². The molecule has 0 fully saturated rings. The second-order valence-corrected chi connectivity index (χ2v) is 4.30. The minimum atomic E-state index is -0.0487. The predicted octanol–water partition coefficient (Wildman–Crippen LogP) is -0.0255. The molecule has 0 unspecified atom stereocenters. The van der Waals surface area contributed by atoms with Gasteiger partial charge in [-0.2, -0.15) is 17.0 Å². The highest BCUT2D eigenvalue weighted by molar-refractivity contribution is 7.98. The Morgan fingerprint density at radius 2 is 2.40 bits per heavy atom. The third-order valence-electron chi connectivity index (χ3n) is 1.71. The van der Waals surface area contributed by atoms with Crippen LogP contribution in [0.5, 0.6) is 0 Å². The van der Waals surface area contributed by atoms with Crippen LogP contribution in [0.15, 0.2) is 4.63 Å². The number of hydrogen-bond acceptors (Lipinski definition) is 6. The molecule has 0 spiro atoms. The van der Waals surface area contributed by atoms with Gasteiger partial charge in [0.1, 0.15) is 0 Å². The predicted molar refractivity (Wildman–Crippen MR) is 54.9 cm³/mol. The summed E-state index contributed by atoms with van der Waals surface area (Å²) in [6.45, 7) is 0.946. The number of rotatable bonds is 5. The van der Waals surface area contributed by atoms with Gasteiger partial charge in [-0.3, -0.25) is 4.63 Å². The minimum Gasteiger partial charge on any atom is -0.358 e. The Morgan fingerprint density at radius 1 is 1.67 bits per heavy atom. The Kier molecular flexibility index (Phi) is 4.39. The first-order valence-corrected chi connectivity index (χ1v) is 5.51. The molecule has 0 amide bonds. The lowest BCUT2D eigenvalue weighted by atomic mass is 10.4. The molecule has 0 atom stereocenters. The van der Waals surface area contributed by atoms with Gasteiger partial charge in [-0.25, -0.2) is 0 Å². The molecule has 1 heterocycles. The zero-order valence-electron chi connectivity index (χ0n) is 8.63. The Balaban J connectivity index is 2.41. The van der Waals surface area contributed by atoms with E-state index in [1.54, 1.807) is 17.8 Å². The standard InChI is InChI=1S/C8H12N4O2S/c1-11(2)3-4-15-6-7-8(5-9)12(13)14-10-7/h3-4,6H2,1-2H3. The molecular weight excluding hydrogens is 216 g/mol. The van der Waals surface area contributed by atoms with E-state index in [1.165, 1.54) is 0 Å². The first-order chi connectivity index (χ1) is 7.15. The highest BCUT2D eigenvalue weighted by atomic mass is 32.2. The van der Waals surface area contributed by atoms with Crippen LogP contribution in [-0.4, -0.2) is 36.4 Å². The van der Waals surface area contributed by atoms with Crippen LogP contribution in [0, 0.1) is 16.5 Å². The maximum Gasteiger partial charge on any atom is 0.298 e. The van der Waals surface area contributed by atoms with E-state index in [-0.39, 0.29) is 10.6 Å². The normalized spacial score (nSPS) is 10.5. The summed E-state index contributed by atoms with van der Waals surface area (Å²) in [5.41, 5.74) is 0.364. The second-order valence-electron chi connectivity index (χ2n) is 3.19. The van der Waals surface area contributed by atoms with Crippen LogP contribution >= 0.6 is 11.8 Å². The third-order valence-corrected chi connectivity index (χ3v) is 2.66. The molecule has 0 aromatic carbocycles. The van der Waals surface area contributed by atoms with E-state index in [2.05, 4.69) is 14.7 Å². The third kappa shape index (κ3) is 3.42. The topological polar surface area (TPSA) is 80.0 Å². The largest absolute Gasteiger partial charge is 0.358 e. The van der Waals surface area contributed by atoms with Gasteiger partial charge in [0, 0.05) is 17.5 Å². The zero-order valence-corrected chi connectivity index (χ0v) is 9.45. The Hall–Kier alpha value is -1.26. The molecule has 82 valence electrons. The summed E-state index contributed by atoms with van der Waals surface area (Å²) >= 11 is 1.61. The van der Waals surface area contributed by atoms with Gasteiger partial charge in [0.2, 0.25) is 5.69 Å². The highest BCUT2D eigenvalue weighted by Gasteiger charge is 2.17. The summed E-state index contributed by atoms with van der Waals surface area (Å²) in [6, 6.07) is 1.76. The monoisotopic (exact) mass is 228 g/mol. The van der Waals surface area contributed by atoms with Gasteiger partial charge in [0.05, 0.1) is 5.75 Å². The molecule has 15 heavy (non-hydrogen) atoms. The molecular formula is C8H12N4O2S. The summed E-state index contributed by atoms with van der Waals surface area (Å²) in [6.07, 6.45) is 0. The van der Waals surface area contributed by atoms with E-state index in [1.807, 2.05) is 14.1 Å². The summed E-state index contributed by atoms with van der Waals surface area (Å²) < 4.78 is 4.33. The SMILES string of the molecule is CN(C)CCSCc1no[n+]([O-])c1C#N. The molecule has 6 nitrogen and oxygen atoms in total. The second kappa shape index (κ2) is 5.58. The molecule has 0 saturated carbocycles. The van der Waals surface area contributed by atoms with Crippen LogP contribution in [0.25, 0.3) is 0 Å². The maximum absolute atomic E-state index is 10.9. The molecule has 1 aromatic heterocycles. The summed E-state index contributed by atoms with van der Waals surface area (Å²) in [5, 5.41) is 23.0. The van der Waals surface area contributed by atoms with Crippen molar-refractivity contribution in [3.05, 3.63) is 16.6 Å². The summed E-state index contributed by atoms with van der Waals surface area (Å²) in [7, 11) is 3.98. The number of nitrogens with zero attached hydrogens (tertiary/aromatic N) is 4. The van der Waals surface area contributed by atoms with Gasteiger partial charge in [0.15, 0.2) is 6.07 Å². The fourth-order valence-corrected chi connectivity index (χ4v) is 1.91. The average Bonchev–Trinajstić information content (AvgIpc) is 2.53. The van der Waals surface area contributed by atoms with Crippen LogP contribution in [0.2, 0.25) is 0 Å². The highest BCUT2D eigenvalue weighted by Crippen LogP contribution is 2.11. The molecule has 1 rings (SSSR count). The molecule has 7 heteroatoms. The smallest absolute Gasteiger partial charge is 0.298 e. The fourth-order valence-electron chi connectivity index (χ4n) is 0.892. The van der Waals surface area contributed by atoms with E-state index in [0.29, 0.717) is 11.4 Å². The van der Waals surface area contributed by atoms with Crippen molar-refractivity contribution in [1.82, 2.24) is 10.1 Å². The zero-order chi connectivity index (χ0) is 11.3. The summed E-state index contributed by atoms with van der Waals surface area (Å²) in [4.78, 5) is 2.20. The number of thioether (sulfide) groups is 1. The van der Waals surface area contributed by atoms with Gasteiger partial charge in [0.25, 0.3) is 5.69 Å². The number of aromatic nitrogens is 2. The maximum atomic E-state index is 10.9. The van der Waals surface area contributed by atoms with E-state index >= 15 is 0 Å². The van der Waals surface area contributed by atoms with Gasteiger partial charge in [-0.05, 0) is 19.0 Å². The first kappa shape index (κ1) is 11.8. The Bertz CT molecular complexity index is 358. The average molecular weight is 228 g/mol. The van der Waals surface area contributed by atoms with Crippen LogP contribution in [0.1, 0.15) is 11.4 Å². The molecule has 0 aliphatic rings. The van der Waals surface area contributed by atoms with Gasteiger partial charge >= 0.3 is 0 Å². The molecule has 0 aliphatic heterocycles. The van der Waals surface area contributed by atoms with E-state index in [0.717, 1.165) is 12.3 Å². The van der Waals surface area contributed by atoms with Crippen molar-refractivity contribution in [2.45, 2.75) is 5.75 Å². The molecule has 0 saturated heterocycles. The molecule has 1 aromatic rings. The van der Waals surface area contributed by atoms with E-state index in [9.17, 15) is 5.21 Å². The van der Waals surface area contributed by atoms with Crippen LogP contribution in [-0.2, 0) is 5.75 Å². The lowest BCUT2D eigenvalue weighted by Crippen LogP contribution is -2.26. The van der Waals surface area contributed by atoms with Crippen molar-refractivity contribution in [2.75, 3.05) is 26.4 Å². The Labute approximate surface area is 92.0 Å². The summed E-state index contributed by atoms with van der Waals surface area (Å²) in [5.74, 6) is 1.44. The molecule has 0 N–H and O–H groups in total. The first-order valence-electron chi connectivity index (χ1n) is 4.36. The van der Waals surface area contributed by atoms with Crippen molar-refractivity contribution in [2.24, 2.45) is 0 Å². The van der Waals surface area contributed by atoms with Crippen molar-refractivity contribution in [1.29, 1.82) is 5.26 Å². The number of nitriles is 1. The van der Waals surface area contributed by atoms with Crippen LogP contribution in [0.3, 0.4) is 0 Å². The van der Waals surface area contributed by atoms with Gasteiger partial charge in [-0.15, -0.1) is 0 Å². The van der Waals surface area contributed by atoms with E-state index in [4.69, 9.17) is 5.26 Å². The van der Waals surface area contributed by atoms with Crippen molar-refractivity contribution in [3.63, 3.8) is 0 Å². The lowest BCUT2D eigenvalue weighted by molar-refractivity contribution is -0.804. The van der Waals surface area contributed by atoms with Gasteiger partial charge < -0.3 is 10.1 Å². The quantitative estimate of drug-likeness (QED) is 0.520. The van der Waals surface area contributed by atoms with Crippen molar-refractivity contribution >= 4 is 11.8 Å². The van der Waals surface area contributed by atoms with Gasteiger partial charge in [-0.1, -0.05) is 0 Å². The molecule has 0 bridgehead atoms. The lowest BCUT2D eigenvalue weighted by Gasteiger charge is -2.06. The minimum absolute atomic E-state index is 0.0487. The molecule has 0 aliphatic carbocycles. The molecule has 0 radical (unpaired) electrons. The van der Waals surface area contributed by atoms with Crippen LogP contribution in [0.4, 0.5) is 0 Å². The van der Waals surface area contributed by atoms with Crippen molar-refractivity contribution in [3.8, 4) is 6.07 Å². The van der Waals surface area contributed by atoms with E-state index < -0.39 is 0 Å².